The maximum Gasteiger partial charge on any atom is 0.339 e. The van der Waals surface area contributed by atoms with Crippen molar-refractivity contribution in [3.05, 3.63) is 29.8 Å². The summed E-state index contributed by atoms with van der Waals surface area (Å²) in [7, 11) is 0. The summed E-state index contributed by atoms with van der Waals surface area (Å²) in [6.07, 6.45) is 0. The van der Waals surface area contributed by atoms with Crippen LogP contribution in [0.15, 0.2) is 24.3 Å². The van der Waals surface area contributed by atoms with Crippen molar-refractivity contribution in [1.29, 1.82) is 0 Å². The van der Waals surface area contributed by atoms with E-state index in [1.807, 2.05) is 0 Å². The summed E-state index contributed by atoms with van der Waals surface area (Å²) in [6, 6.07) is 5.97. The van der Waals surface area contributed by atoms with Crippen LogP contribution < -0.4 is 4.89 Å². The van der Waals surface area contributed by atoms with Gasteiger partial charge in [0.25, 0.3) is 0 Å². The van der Waals surface area contributed by atoms with E-state index in [-0.39, 0.29) is 17.4 Å². The van der Waals surface area contributed by atoms with Gasteiger partial charge in [-0.05, 0) is 12.1 Å². The average molecular weight is 203 g/mol. The topological polar surface area (TPSA) is 55.8 Å². The molecule has 4 nitrogen and oxygen atoms in total. The van der Waals surface area contributed by atoms with E-state index in [9.17, 15) is 4.79 Å². The molecule has 0 amide bonds. The molecule has 0 saturated carbocycles. The van der Waals surface area contributed by atoms with Crippen molar-refractivity contribution < 1.29 is 19.7 Å². The Hall–Kier alpha value is -1.26. The molecule has 1 aromatic carbocycles. The Balaban J connectivity index is 2.84. The molecular formula is C8H7ClO4. The molecule has 0 saturated heterocycles. The molecule has 1 aromatic rings. The molecule has 1 N–H and O–H groups in total. The summed E-state index contributed by atoms with van der Waals surface area (Å²) < 4.78 is 0. The van der Waals surface area contributed by atoms with E-state index >= 15 is 0 Å². The number of hydrogen-bond donors (Lipinski definition) is 1. The zero-order valence-corrected chi connectivity index (χ0v) is 7.32. The van der Waals surface area contributed by atoms with Crippen molar-refractivity contribution >= 4 is 17.6 Å². The minimum atomic E-state index is -1.08. The molecule has 1 rings (SSSR count). The molecule has 0 bridgehead atoms. The third kappa shape index (κ3) is 2.61. The van der Waals surface area contributed by atoms with Gasteiger partial charge in [-0.1, -0.05) is 23.7 Å². The van der Waals surface area contributed by atoms with Crippen molar-refractivity contribution in [2.45, 2.75) is 0 Å². The number of carbonyl (C=O) groups is 1. The van der Waals surface area contributed by atoms with Gasteiger partial charge < -0.3 is 9.99 Å². The van der Waals surface area contributed by atoms with Crippen molar-refractivity contribution in [3.8, 4) is 5.75 Å². The summed E-state index contributed by atoms with van der Waals surface area (Å²) in [6.45, 7) is 0. The van der Waals surface area contributed by atoms with Crippen LogP contribution in [0.3, 0.4) is 0 Å². The van der Waals surface area contributed by atoms with Gasteiger partial charge in [-0.3, -0.25) is 0 Å². The van der Waals surface area contributed by atoms with E-state index < -0.39 is 5.97 Å². The van der Waals surface area contributed by atoms with Crippen LogP contribution in [0.25, 0.3) is 0 Å². The molecule has 0 heterocycles. The minimum Gasteiger partial charge on any atom is -0.478 e. The highest BCUT2D eigenvalue weighted by Gasteiger charge is 2.10. The molecule has 5 heteroatoms. The van der Waals surface area contributed by atoms with E-state index in [1.165, 1.54) is 12.1 Å². The van der Waals surface area contributed by atoms with Crippen molar-refractivity contribution in [2.24, 2.45) is 0 Å². The third-order valence-corrected chi connectivity index (χ3v) is 1.40. The predicted molar refractivity (Wildman–Crippen MR) is 45.8 cm³/mol. The highest BCUT2D eigenvalue weighted by atomic mass is 35.5. The second kappa shape index (κ2) is 4.69. The highest BCUT2D eigenvalue weighted by molar-refractivity contribution is 6.17. The Labute approximate surface area is 79.6 Å². The number of carboxylic acids is 1. The molecule has 0 atom stereocenters. The monoisotopic (exact) mass is 202 g/mol. The van der Waals surface area contributed by atoms with E-state index in [4.69, 9.17) is 16.7 Å². The van der Waals surface area contributed by atoms with Crippen LogP contribution >= 0.6 is 11.6 Å². The van der Waals surface area contributed by atoms with Crippen LogP contribution in [-0.4, -0.2) is 17.1 Å². The predicted octanol–water partition coefficient (Wildman–Crippen LogP) is 1.89. The SMILES string of the molecule is O=C(O)c1ccccc1OOCCl. The Morgan fingerprint density at radius 2 is 2.15 bits per heavy atom. The largest absolute Gasteiger partial charge is 0.478 e. The van der Waals surface area contributed by atoms with E-state index in [0.717, 1.165) is 0 Å². The molecule has 0 aliphatic carbocycles. The standard InChI is InChI=1S/C8H7ClO4/c9-5-12-13-7-4-2-1-3-6(7)8(10)11/h1-4H,5H2,(H,10,11). The van der Waals surface area contributed by atoms with Crippen LogP contribution in [0.5, 0.6) is 5.75 Å². The number of para-hydroxylation sites is 1. The quantitative estimate of drug-likeness (QED) is 0.460. The lowest BCUT2D eigenvalue weighted by molar-refractivity contribution is -0.188. The Morgan fingerprint density at radius 1 is 1.46 bits per heavy atom. The number of benzene rings is 1. The first-order valence-corrected chi connectivity index (χ1v) is 3.97. The first kappa shape index (κ1) is 9.83. The minimum absolute atomic E-state index is 0.0348. The summed E-state index contributed by atoms with van der Waals surface area (Å²) in [5, 5.41) is 8.70. The van der Waals surface area contributed by atoms with E-state index in [2.05, 4.69) is 9.78 Å². The van der Waals surface area contributed by atoms with Gasteiger partial charge in [0.15, 0.2) is 11.8 Å². The van der Waals surface area contributed by atoms with Gasteiger partial charge in [-0.25, -0.2) is 4.79 Å². The van der Waals surface area contributed by atoms with Crippen LogP contribution in [0.4, 0.5) is 0 Å². The first-order valence-electron chi connectivity index (χ1n) is 3.43. The number of halogens is 1. The number of rotatable bonds is 4. The van der Waals surface area contributed by atoms with Crippen LogP contribution in [-0.2, 0) is 4.89 Å². The van der Waals surface area contributed by atoms with Crippen molar-refractivity contribution in [2.75, 3.05) is 6.07 Å². The summed E-state index contributed by atoms with van der Waals surface area (Å²) in [4.78, 5) is 19.7. The number of alkyl halides is 1. The zero-order chi connectivity index (χ0) is 9.68. The lowest BCUT2D eigenvalue weighted by atomic mass is 10.2. The number of aromatic carboxylic acids is 1. The molecule has 0 fully saturated rings. The lowest BCUT2D eigenvalue weighted by Crippen LogP contribution is -2.02. The molecule has 0 radical (unpaired) electrons. The fraction of sp³-hybridized carbons (Fsp3) is 0.125. The molecule has 0 spiro atoms. The number of hydrogen-bond acceptors (Lipinski definition) is 3. The van der Waals surface area contributed by atoms with Crippen LogP contribution in [0.1, 0.15) is 10.4 Å². The zero-order valence-electron chi connectivity index (χ0n) is 6.57. The lowest BCUT2D eigenvalue weighted by Gasteiger charge is -2.04. The van der Waals surface area contributed by atoms with Crippen LogP contribution in [0.2, 0.25) is 0 Å². The molecule has 13 heavy (non-hydrogen) atoms. The van der Waals surface area contributed by atoms with E-state index in [1.54, 1.807) is 12.1 Å². The van der Waals surface area contributed by atoms with Gasteiger partial charge in [0.05, 0.1) is 0 Å². The fourth-order valence-corrected chi connectivity index (χ4v) is 0.846. The van der Waals surface area contributed by atoms with Gasteiger partial charge in [-0.2, -0.15) is 4.89 Å². The maximum atomic E-state index is 10.6. The summed E-state index contributed by atoms with van der Waals surface area (Å²) >= 11 is 5.19. The Morgan fingerprint density at radius 3 is 2.77 bits per heavy atom. The fourth-order valence-electron chi connectivity index (χ4n) is 0.802. The maximum absolute atomic E-state index is 10.6. The average Bonchev–Trinajstić information content (AvgIpc) is 2.15. The van der Waals surface area contributed by atoms with Gasteiger partial charge >= 0.3 is 5.97 Å². The number of carboxylic acid groups (broad SMARTS) is 1. The van der Waals surface area contributed by atoms with Crippen LogP contribution in [0, 0.1) is 0 Å². The van der Waals surface area contributed by atoms with E-state index in [0.29, 0.717) is 0 Å². The molecular weight excluding hydrogens is 196 g/mol. The van der Waals surface area contributed by atoms with Gasteiger partial charge in [0.1, 0.15) is 5.56 Å². The summed E-state index contributed by atoms with van der Waals surface area (Å²) in [5.74, 6) is -0.940. The van der Waals surface area contributed by atoms with Crippen molar-refractivity contribution in [1.82, 2.24) is 0 Å². The second-order valence-electron chi connectivity index (χ2n) is 2.11. The smallest absolute Gasteiger partial charge is 0.339 e. The summed E-state index contributed by atoms with van der Waals surface area (Å²) in [5.41, 5.74) is 0.0348. The Bertz CT molecular complexity index is 300. The molecule has 0 aliphatic heterocycles. The molecule has 0 aromatic heterocycles. The third-order valence-electron chi connectivity index (χ3n) is 1.31. The van der Waals surface area contributed by atoms with Gasteiger partial charge in [-0.15, -0.1) is 0 Å². The van der Waals surface area contributed by atoms with Crippen molar-refractivity contribution in [3.63, 3.8) is 0 Å². The van der Waals surface area contributed by atoms with Gasteiger partial charge in [0.2, 0.25) is 0 Å². The first-order chi connectivity index (χ1) is 6.25. The van der Waals surface area contributed by atoms with Gasteiger partial charge in [0, 0.05) is 0 Å². The normalized spacial score (nSPS) is 9.62. The second-order valence-corrected chi connectivity index (χ2v) is 2.33. The highest BCUT2D eigenvalue weighted by Crippen LogP contribution is 2.17. The molecule has 0 aliphatic rings. The molecule has 0 unspecified atom stereocenters. The Kier molecular flexibility index (Phi) is 3.54. The molecule has 70 valence electrons.